The number of aryl methyl sites for hydroxylation is 1. The van der Waals surface area contributed by atoms with E-state index in [1.165, 1.54) is 12.4 Å². The SMILES string of the molecule is CN(C)CCn1nc(Nc2nc3ncc(Oc4ccnc(NC=O)c4)c(Cl)c3n2C)cc1C=O. The van der Waals surface area contributed by atoms with Gasteiger partial charge in [-0.05, 0) is 20.2 Å². The fourth-order valence-electron chi connectivity index (χ4n) is 3.21. The van der Waals surface area contributed by atoms with Gasteiger partial charge in [-0.15, -0.1) is 0 Å². The first-order chi connectivity index (χ1) is 16.4. The van der Waals surface area contributed by atoms with Crippen molar-refractivity contribution < 1.29 is 14.3 Å². The number of hydrogen-bond acceptors (Lipinski definition) is 9. The lowest BCUT2D eigenvalue weighted by Crippen LogP contribution is -2.20. The van der Waals surface area contributed by atoms with Crippen molar-refractivity contribution in [2.45, 2.75) is 6.54 Å². The molecule has 34 heavy (non-hydrogen) atoms. The van der Waals surface area contributed by atoms with Gasteiger partial charge in [0.15, 0.2) is 23.5 Å². The Hall–Kier alpha value is -4.03. The Labute approximate surface area is 199 Å². The van der Waals surface area contributed by atoms with E-state index in [-0.39, 0.29) is 0 Å². The van der Waals surface area contributed by atoms with Crippen LogP contribution >= 0.6 is 11.6 Å². The first-order valence-electron chi connectivity index (χ1n) is 10.2. The molecule has 0 aliphatic heterocycles. The average Bonchev–Trinajstić information content (AvgIpc) is 3.35. The molecule has 4 aromatic rings. The summed E-state index contributed by atoms with van der Waals surface area (Å²) in [4.78, 5) is 37.0. The lowest BCUT2D eigenvalue weighted by Gasteiger charge is -2.10. The van der Waals surface area contributed by atoms with Crippen molar-refractivity contribution in [3.63, 3.8) is 0 Å². The summed E-state index contributed by atoms with van der Waals surface area (Å²) in [5.41, 5.74) is 1.41. The molecule has 0 spiro atoms. The van der Waals surface area contributed by atoms with E-state index in [1.807, 2.05) is 19.0 Å². The third kappa shape index (κ3) is 4.82. The largest absolute Gasteiger partial charge is 0.454 e. The molecule has 0 aliphatic rings. The number of aldehydes is 1. The summed E-state index contributed by atoms with van der Waals surface area (Å²) < 4.78 is 9.22. The molecular weight excluding hydrogens is 462 g/mol. The second-order valence-electron chi connectivity index (χ2n) is 7.57. The van der Waals surface area contributed by atoms with Crippen molar-refractivity contribution in [2.24, 2.45) is 7.05 Å². The van der Waals surface area contributed by atoms with Gasteiger partial charge in [0.1, 0.15) is 27.8 Å². The van der Waals surface area contributed by atoms with Crippen LogP contribution in [0, 0.1) is 0 Å². The van der Waals surface area contributed by atoms with Gasteiger partial charge in [0.05, 0.1) is 12.7 Å². The molecule has 12 nitrogen and oxygen atoms in total. The molecule has 1 amide bonds. The summed E-state index contributed by atoms with van der Waals surface area (Å²) in [6.45, 7) is 1.30. The molecule has 4 heterocycles. The predicted molar refractivity (Wildman–Crippen MR) is 127 cm³/mol. The Morgan fingerprint density at radius 1 is 1.21 bits per heavy atom. The van der Waals surface area contributed by atoms with Crippen LogP contribution in [-0.4, -0.2) is 67.5 Å². The molecule has 4 rings (SSSR count). The molecule has 0 saturated carbocycles. The minimum atomic E-state index is 0.305. The molecule has 0 atom stereocenters. The standard InChI is InChI=1S/C21H22ClN9O3/c1-29(2)6-7-31-13(11-32)8-17(28-31)26-21-27-20-19(30(21)3)18(22)15(10-24-20)34-14-4-5-23-16(9-14)25-12-33/h4-5,8-12H,6-7H2,1-3H3,(H,23,25,33)(H,24,26,27,28). The second-order valence-corrected chi connectivity index (χ2v) is 7.95. The molecule has 176 valence electrons. The van der Waals surface area contributed by atoms with E-state index in [0.29, 0.717) is 63.9 Å². The number of imidazole rings is 1. The Morgan fingerprint density at radius 2 is 2.03 bits per heavy atom. The summed E-state index contributed by atoms with van der Waals surface area (Å²) in [5.74, 6) is 1.98. The van der Waals surface area contributed by atoms with Crippen LogP contribution in [0.15, 0.2) is 30.6 Å². The molecule has 0 aromatic carbocycles. The van der Waals surface area contributed by atoms with Gasteiger partial charge in [-0.2, -0.15) is 10.1 Å². The summed E-state index contributed by atoms with van der Waals surface area (Å²) in [6.07, 6.45) is 4.26. The number of nitrogens with zero attached hydrogens (tertiary/aromatic N) is 7. The van der Waals surface area contributed by atoms with Gasteiger partial charge in [0.25, 0.3) is 0 Å². The maximum atomic E-state index is 11.4. The molecule has 2 N–H and O–H groups in total. The molecule has 0 fully saturated rings. The van der Waals surface area contributed by atoms with Crippen LogP contribution in [-0.2, 0) is 18.4 Å². The molecule has 13 heteroatoms. The maximum Gasteiger partial charge on any atom is 0.212 e. The zero-order chi connectivity index (χ0) is 24.2. The van der Waals surface area contributed by atoms with Crippen LogP contribution in [0.2, 0.25) is 5.02 Å². The fraction of sp³-hybridized carbons (Fsp3) is 0.238. The van der Waals surface area contributed by atoms with E-state index >= 15 is 0 Å². The van der Waals surface area contributed by atoms with Gasteiger partial charge >= 0.3 is 0 Å². The van der Waals surface area contributed by atoms with E-state index in [9.17, 15) is 9.59 Å². The van der Waals surface area contributed by atoms with Gasteiger partial charge in [-0.3, -0.25) is 14.3 Å². The number of carbonyl (C=O) groups excluding carboxylic acids is 2. The quantitative estimate of drug-likeness (QED) is 0.326. The third-order valence-electron chi connectivity index (χ3n) is 4.90. The van der Waals surface area contributed by atoms with Crippen molar-refractivity contribution in [1.29, 1.82) is 0 Å². The van der Waals surface area contributed by atoms with Crippen molar-refractivity contribution in [1.82, 2.24) is 34.2 Å². The minimum absolute atomic E-state index is 0.305. The maximum absolute atomic E-state index is 11.4. The molecular formula is C21H22ClN9O3. The number of fused-ring (bicyclic) bond motifs is 1. The number of carbonyl (C=O) groups is 2. The van der Waals surface area contributed by atoms with Crippen LogP contribution in [0.4, 0.5) is 17.6 Å². The van der Waals surface area contributed by atoms with Crippen LogP contribution in [0.3, 0.4) is 0 Å². The van der Waals surface area contributed by atoms with Gasteiger partial charge in [0.2, 0.25) is 12.4 Å². The average molecular weight is 484 g/mol. The molecule has 0 aliphatic carbocycles. The highest BCUT2D eigenvalue weighted by atomic mass is 35.5. The lowest BCUT2D eigenvalue weighted by molar-refractivity contribution is -0.105. The minimum Gasteiger partial charge on any atom is -0.454 e. The highest BCUT2D eigenvalue weighted by Crippen LogP contribution is 2.35. The number of anilines is 3. The topological polar surface area (TPSA) is 132 Å². The number of hydrogen-bond donors (Lipinski definition) is 2. The Morgan fingerprint density at radius 3 is 2.76 bits per heavy atom. The van der Waals surface area contributed by atoms with E-state index in [1.54, 1.807) is 34.5 Å². The number of likely N-dealkylation sites (N-methyl/N-ethyl adjacent to an activating group) is 1. The Kier molecular flexibility index (Phi) is 6.70. The van der Waals surface area contributed by atoms with Crippen LogP contribution < -0.4 is 15.4 Å². The number of nitrogens with one attached hydrogen (secondary N) is 2. The van der Waals surface area contributed by atoms with Gasteiger partial charge < -0.3 is 24.8 Å². The number of amides is 1. The van der Waals surface area contributed by atoms with E-state index in [4.69, 9.17) is 16.3 Å². The number of pyridine rings is 2. The molecule has 4 aromatic heterocycles. The molecule has 0 unspecified atom stereocenters. The monoisotopic (exact) mass is 483 g/mol. The third-order valence-corrected chi connectivity index (χ3v) is 5.27. The number of aromatic nitrogens is 6. The number of halogens is 1. The highest BCUT2D eigenvalue weighted by Gasteiger charge is 2.18. The van der Waals surface area contributed by atoms with Gasteiger partial charge in [-0.25, -0.2) is 9.97 Å². The summed E-state index contributed by atoms with van der Waals surface area (Å²) in [6, 6.07) is 4.84. The van der Waals surface area contributed by atoms with Crippen molar-refractivity contribution >= 4 is 53.0 Å². The first-order valence-corrected chi connectivity index (χ1v) is 10.6. The molecule has 0 saturated heterocycles. The fourth-order valence-corrected chi connectivity index (χ4v) is 3.51. The Balaban J connectivity index is 1.61. The summed E-state index contributed by atoms with van der Waals surface area (Å²) in [7, 11) is 5.68. The van der Waals surface area contributed by atoms with Gasteiger partial charge in [-0.1, -0.05) is 11.6 Å². The highest BCUT2D eigenvalue weighted by molar-refractivity contribution is 6.36. The van der Waals surface area contributed by atoms with Crippen molar-refractivity contribution in [2.75, 3.05) is 31.3 Å². The predicted octanol–water partition coefficient (Wildman–Crippen LogP) is 2.69. The van der Waals surface area contributed by atoms with E-state index < -0.39 is 0 Å². The van der Waals surface area contributed by atoms with Crippen LogP contribution in [0.25, 0.3) is 11.2 Å². The van der Waals surface area contributed by atoms with E-state index in [0.717, 1.165) is 12.8 Å². The van der Waals surface area contributed by atoms with Crippen LogP contribution in [0.1, 0.15) is 10.5 Å². The van der Waals surface area contributed by atoms with Gasteiger partial charge in [0, 0.05) is 31.9 Å². The number of ether oxygens (including phenoxy) is 1. The normalized spacial score (nSPS) is 11.1. The zero-order valence-electron chi connectivity index (χ0n) is 18.7. The first kappa shape index (κ1) is 23.1. The van der Waals surface area contributed by atoms with Crippen molar-refractivity contribution in [3.8, 4) is 11.5 Å². The zero-order valence-corrected chi connectivity index (χ0v) is 19.4. The number of rotatable bonds is 10. The smallest absolute Gasteiger partial charge is 0.212 e. The van der Waals surface area contributed by atoms with Crippen molar-refractivity contribution in [3.05, 3.63) is 41.3 Å². The lowest BCUT2D eigenvalue weighted by atomic mass is 10.4. The summed E-state index contributed by atoms with van der Waals surface area (Å²) >= 11 is 6.62. The Bertz CT molecular complexity index is 1350. The van der Waals surface area contributed by atoms with E-state index in [2.05, 4.69) is 30.7 Å². The second kappa shape index (κ2) is 9.85. The van der Waals surface area contributed by atoms with Crippen LogP contribution in [0.5, 0.6) is 11.5 Å². The molecule has 0 bridgehead atoms. The molecule has 0 radical (unpaired) electrons. The summed E-state index contributed by atoms with van der Waals surface area (Å²) in [5, 5.41) is 10.3.